The third kappa shape index (κ3) is 4.45. The van der Waals surface area contributed by atoms with Gasteiger partial charge in [-0.1, -0.05) is 39.0 Å². The molecule has 0 amide bonds. The third-order valence-corrected chi connectivity index (χ3v) is 4.74. The Morgan fingerprint density at radius 2 is 1.81 bits per heavy atom. The predicted molar refractivity (Wildman–Crippen MR) is 92.1 cm³/mol. The van der Waals surface area contributed by atoms with Crippen molar-refractivity contribution in [2.75, 3.05) is 44.6 Å². The Balaban J connectivity index is 1.85. The van der Waals surface area contributed by atoms with Gasteiger partial charge in [0, 0.05) is 18.3 Å². The number of nitrogens with zero attached hydrogens (tertiary/aromatic N) is 2. The molecule has 1 atom stereocenters. The molecule has 118 valence electrons. The van der Waals surface area contributed by atoms with Gasteiger partial charge in [0.15, 0.2) is 0 Å². The fourth-order valence-electron chi connectivity index (χ4n) is 3.32. The van der Waals surface area contributed by atoms with Gasteiger partial charge in [0.1, 0.15) is 0 Å². The summed E-state index contributed by atoms with van der Waals surface area (Å²) in [6.07, 6.45) is 2.45. The van der Waals surface area contributed by atoms with Gasteiger partial charge in [-0.2, -0.15) is 0 Å². The summed E-state index contributed by atoms with van der Waals surface area (Å²) in [5.41, 5.74) is 2.80. The van der Waals surface area contributed by atoms with Gasteiger partial charge in [-0.15, -0.1) is 0 Å². The average Bonchev–Trinajstić information content (AvgIpc) is 2.55. The number of anilines is 1. The summed E-state index contributed by atoms with van der Waals surface area (Å²) in [4.78, 5) is 5.16. The second kappa shape index (κ2) is 8.40. The molecule has 0 bridgehead atoms. The van der Waals surface area contributed by atoms with Gasteiger partial charge in [-0.3, -0.25) is 4.90 Å². The molecule has 3 nitrogen and oxygen atoms in total. The van der Waals surface area contributed by atoms with Crippen LogP contribution in [0, 0.1) is 0 Å². The van der Waals surface area contributed by atoms with Crippen LogP contribution in [0.3, 0.4) is 0 Å². The summed E-state index contributed by atoms with van der Waals surface area (Å²) in [5.74, 6) is 0. The summed E-state index contributed by atoms with van der Waals surface area (Å²) < 4.78 is 0. The molecule has 1 heterocycles. The van der Waals surface area contributed by atoms with Crippen molar-refractivity contribution in [3.8, 4) is 0 Å². The fourth-order valence-corrected chi connectivity index (χ4v) is 3.32. The van der Waals surface area contributed by atoms with Crippen LogP contribution in [0.2, 0.25) is 0 Å². The molecule has 0 fully saturated rings. The topological polar surface area (TPSA) is 18.5 Å². The van der Waals surface area contributed by atoms with Crippen LogP contribution in [0.4, 0.5) is 5.69 Å². The summed E-state index contributed by atoms with van der Waals surface area (Å²) in [6.45, 7) is 13.8. The molecule has 1 aromatic carbocycles. The molecule has 0 aromatic heterocycles. The lowest BCUT2D eigenvalue weighted by Crippen LogP contribution is -2.45. The van der Waals surface area contributed by atoms with Crippen molar-refractivity contribution in [2.24, 2.45) is 0 Å². The fraction of sp³-hybridized carbons (Fsp3) is 0.667. The van der Waals surface area contributed by atoms with E-state index in [-0.39, 0.29) is 0 Å². The van der Waals surface area contributed by atoms with Crippen molar-refractivity contribution in [2.45, 2.75) is 39.7 Å². The predicted octanol–water partition coefficient (Wildman–Crippen LogP) is 3.08. The number of hydrogen-bond acceptors (Lipinski definition) is 3. The van der Waals surface area contributed by atoms with Gasteiger partial charge in [-0.25, -0.2) is 0 Å². The Bertz CT molecular complexity index is 415. The minimum Gasteiger partial charge on any atom is -0.383 e. The molecule has 1 N–H and O–H groups in total. The highest BCUT2D eigenvalue weighted by Gasteiger charge is 2.22. The van der Waals surface area contributed by atoms with Crippen LogP contribution in [0.15, 0.2) is 24.3 Å². The largest absolute Gasteiger partial charge is 0.383 e. The molecule has 21 heavy (non-hydrogen) atoms. The van der Waals surface area contributed by atoms with Gasteiger partial charge >= 0.3 is 0 Å². The lowest BCUT2D eigenvalue weighted by atomic mass is 9.98. The lowest BCUT2D eigenvalue weighted by Gasteiger charge is -2.35. The normalized spacial score (nSPS) is 17.9. The van der Waals surface area contributed by atoms with E-state index in [2.05, 4.69) is 60.2 Å². The highest BCUT2D eigenvalue weighted by molar-refractivity contribution is 5.53. The Morgan fingerprint density at radius 1 is 1.05 bits per heavy atom. The Morgan fingerprint density at radius 3 is 2.52 bits per heavy atom. The first kappa shape index (κ1) is 16.3. The molecule has 0 saturated carbocycles. The lowest BCUT2D eigenvalue weighted by molar-refractivity contribution is 0.192. The first-order valence-corrected chi connectivity index (χ1v) is 8.56. The van der Waals surface area contributed by atoms with Crippen molar-refractivity contribution < 1.29 is 0 Å². The summed E-state index contributed by atoms with van der Waals surface area (Å²) in [5, 5.41) is 3.60. The average molecular weight is 289 g/mol. The summed E-state index contributed by atoms with van der Waals surface area (Å²) >= 11 is 0. The van der Waals surface area contributed by atoms with E-state index >= 15 is 0 Å². The molecule has 1 aliphatic heterocycles. The van der Waals surface area contributed by atoms with E-state index in [0.717, 1.165) is 13.1 Å². The maximum Gasteiger partial charge on any atom is 0.0373 e. The number of likely N-dealkylation sites (N-methyl/N-ethyl adjacent to an activating group) is 1. The molecular weight excluding hydrogens is 258 g/mol. The van der Waals surface area contributed by atoms with Gasteiger partial charge in [0.25, 0.3) is 0 Å². The molecule has 0 radical (unpaired) electrons. The van der Waals surface area contributed by atoms with Gasteiger partial charge in [-0.05, 0) is 57.2 Å². The van der Waals surface area contributed by atoms with Gasteiger partial charge in [0.05, 0.1) is 0 Å². The number of nitrogens with one attached hydrogen (secondary N) is 1. The van der Waals surface area contributed by atoms with Crippen LogP contribution >= 0.6 is 0 Å². The van der Waals surface area contributed by atoms with E-state index in [1.54, 1.807) is 0 Å². The number of rotatable bonds is 8. The van der Waals surface area contributed by atoms with Crippen LogP contribution in [-0.4, -0.2) is 55.1 Å². The van der Waals surface area contributed by atoms with Crippen LogP contribution in [0.1, 0.15) is 32.8 Å². The zero-order valence-electron chi connectivity index (χ0n) is 13.9. The number of para-hydroxylation sites is 1. The monoisotopic (exact) mass is 289 g/mol. The summed E-state index contributed by atoms with van der Waals surface area (Å²) in [6, 6.07) is 9.37. The molecule has 0 spiro atoms. The van der Waals surface area contributed by atoms with Crippen molar-refractivity contribution in [3.63, 3.8) is 0 Å². The van der Waals surface area contributed by atoms with Crippen molar-refractivity contribution >= 4 is 5.69 Å². The molecular formula is C18H31N3. The molecule has 3 heteroatoms. The second-order valence-electron chi connectivity index (χ2n) is 5.91. The molecule has 0 aliphatic carbocycles. The SMILES string of the molecule is CCN(CC)CCCN(CC)C1CNc2ccccc2C1. The Kier molecular flexibility index (Phi) is 6.52. The van der Waals surface area contributed by atoms with E-state index in [0.29, 0.717) is 6.04 Å². The number of hydrogen-bond donors (Lipinski definition) is 1. The quantitative estimate of drug-likeness (QED) is 0.793. The van der Waals surface area contributed by atoms with Crippen molar-refractivity contribution in [1.29, 1.82) is 0 Å². The van der Waals surface area contributed by atoms with Crippen LogP contribution in [0.5, 0.6) is 0 Å². The summed E-state index contributed by atoms with van der Waals surface area (Å²) in [7, 11) is 0. The zero-order chi connectivity index (χ0) is 15.1. The number of benzene rings is 1. The van der Waals surface area contributed by atoms with Gasteiger partial charge < -0.3 is 10.2 Å². The van der Waals surface area contributed by atoms with Crippen molar-refractivity contribution in [1.82, 2.24) is 9.80 Å². The van der Waals surface area contributed by atoms with Crippen LogP contribution in [0.25, 0.3) is 0 Å². The molecule has 1 aromatic rings. The molecule has 2 rings (SSSR count). The van der Waals surface area contributed by atoms with E-state index in [1.165, 1.54) is 50.3 Å². The highest BCUT2D eigenvalue weighted by Crippen LogP contribution is 2.23. The Labute approximate surface area is 130 Å². The third-order valence-electron chi connectivity index (χ3n) is 4.74. The second-order valence-corrected chi connectivity index (χ2v) is 5.91. The number of fused-ring (bicyclic) bond motifs is 1. The standard InChI is InChI=1S/C18H31N3/c1-4-20(5-2)12-9-13-21(6-3)17-14-16-10-7-8-11-18(16)19-15-17/h7-8,10-11,17,19H,4-6,9,12-15H2,1-3H3. The van der Waals surface area contributed by atoms with E-state index < -0.39 is 0 Å². The van der Waals surface area contributed by atoms with E-state index in [1.807, 2.05) is 0 Å². The molecule has 1 unspecified atom stereocenters. The first-order valence-electron chi connectivity index (χ1n) is 8.56. The van der Waals surface area contributed by atoms with Crippen LogP contribution < -0.4 is 5.32 Å². The highest BCUT2D eigenvalue weighted by atomic mass is 15.2. The minimum atomic E-state index is 0.640. The van der Waals surface area contributed by atoms with Crippen LogP contribution in [-0.2, 0) is 6.42 Å². The van der Waals surface area contributed by atoms with Crippen molar-refractivity contribution in [3.05, 3.63) is 29.8 Å². The van der Waals surface area contributed by atoms with E-state index in [4.69, 9.17) is 0 Å². The van der Waals surface area contributed by atoms with E-state index in [9.17, 15) is 0 Å². The maximum atomic E-state index is 3.60. The maximum absolute atomic E-state index is 3.60. The first-order chi connectivity index (χ1) is 10.3. The zero-order valence-corrected chi connectivity index (χ0v) is 13.9. The Hall–Kier alpha value is -1.06. The molecule has 1 aliphatic rings. The minimum absolute atomic E-state index is 0.640. The van der Waals surface area contributed by atoms with Gasteiger partial charge in [0.2, 0.25) is 0 Å². The molecule has 0 saturated heterocycles. The smallest absolute Gasteiger partial charge is 0.0373 e.